The highest BCUT2D eigenvalue weighted by Crippen LogP contribution is 2.64. The molecule has 16 nitrogen and oxygen atoms in total. The molecule has 312 valence electrons. The van der Waals surface area contributed by atoms with E-state index in [0.29, 0.717) is 5.56 Å². The molecule has 0 aromatic heterocycles. The number of aliphatic hydroxyl groups excluding tert-OH is 2. The first-order chi connectivity index (χ1) is 27.3. The number of amides is 1. The zero-order valence-electron chi connectivity index (χ0n) is 33.1. The Bertz CT molecular complexity index is 1980. The maximum absolute atomic E-state index is 15.3. The highest BCUT2D eigenvalue weighted by molar-refractivity contribution is 5.95. The number of nitrogens with one attached hydrogen (secondary N) is 1. The molecule has 4 aliphatic rings. The number of ketones is 1. The summed E-state index contributed by atoms with van der Waals surface area (Å²) in [4.78, 5) is 81.0. The maximum Gasteiger partial charge on any atom is 0.407 e. The molecule has 1 heterocycles. The van der Waals surface area contributed by atoms with Gasteiger partial charge in [-0.25, -0.2) is 14.4 Å². The molecule has 4 N–H and O–H groups in total. The summed E-state index contributed by atoms with van der Waals surface area (Å²) in [5.74, 6) is -6.24. The standard InChI is InChI=1S/C42H49NO15/c1-22-28(56-37(50)27(46)19-43-38(51)53-20-25-13-9-7-10-14-25)18-42(52)35(57-36(49)26-15-11-8-12-16-26)33-40(6,29(47)17-30-41(33,21-54-30)58-24(3)45)34(48)32(55-23(2)44)31(22)39(42,4)5/h7-16,27-30,32-33,35,46-47,52H,17-21H2,1-6H3,(H,43,51)/t27-,28+,29+,30-,32-,33?,35+,40-,41+,42-/m1/s1. The van der Waals surface area contributed by atoms with Crippen molar-refractivity contribution in [2.75, 3.05) is 13.2 Å². The molecule has 16 heteroatoms. The number of aliphatic hydroxyl groups is 3. The van der Waals surface area contributed by atoms with Gasteiger partial charge >= 0.3 is 30.0 Å². The maximum atomic E-state index is 15.3. The smallest absolute Gasteiger partial charge is 0.407 e. The molecule has 2 aromatic rings. The Kier molecular flexibility index (Phi) is 11.6. The van der Waals surface area contributed by atoms with E-state index in [2.05, 4.69) is 5.32 Å². The molecule has 1 saturated heterocycles. The topological polar surface area (TPSA) is 231 Å². The number of hydrogen-bond acceptors (Lipinski definition) is 15. The SMILES string of the molecule is CC(=O)O[C@H]1C(=O)[C@@]2(C)C([C@H](OC(=O)c3ccccc3)[C@]3(O)C[C@H](OC(=O)[C@H](O)CNC(=O)OCc4ccccc4)C(C)=C1C3(C)C)[C@]1(OC(C)=O)CO[C@@H]1C[C@@H]2O. The average molecular weight is 808 g/mol. The monoisotopic (exact) mass is 807 g/mol. The van der Waals surface area contributed by atoms with Crippen molar-refractivity contribution in [3.8, 4) is 0 Å². The zero-order chi connectivity index (χ0) is 42.4. The van der Waals surface area contributed by atoms with Gasteiger partial charge in [-0.3, -0.25) is 14.4 Å². The van der Waals surface area contributed by atoms with Gasteiger partial charge in [0, 0.05) is 32.1 Å². The Morgan fingerprint density at radius 3 is 2.16 bits per heavy atom. The molecule has 10 atom stereocenters. The molecule has 1 unspecified atom stereocenters. The van der Waals surface area contributed by atoms with Crippen LogP contribution in [-0.4, -0.2) is 112 Å². The second kappa shape index (κ2) is 15.9. The van der Waals surface area contributed by atoms with E-state index in [1.807, 2.05) is 0 Å². The van der Waals surface area contributed by atoms with Crippen molar-refractivity contribution in [3.05, 3.63) is 82.9 Å². The number of hydrogen-bond donors (Lipinski definition) is 4. The molecule has 2 aromatic carbocycles. The molecule has 2 saturated carbocycles. The molecule has 6 rings (SSSR count). The van der Waals surface area contributed by atoms with Crippen molar-refractivity contribution in [2.45, 2.75) is 109 Å². The highest BCUT2D eigenvalue weighted by atomic mass is 16.6. The molecular formula is C42H49NO15. The number of rotatable bonds is 10. The first-order valence-corrected chi connectivity index (χ1v) is 19.0. The van der Waals surface area contributed by atoms with Crippen LogP contribution in [0.2, 0.25) is 0 Å². The van der Waals surface area contributed by atoms with Crippen molar-refractivity contribution in [3.63, 3.8) is 0 Å². The minimum Gasteiger partial charge on any atom is -0.456 e. The van der Waals surface area contributed by atoms with Gasteiger partial charge in [-0.1, -0.05) is 62.4 Å². The van der Waals surface area contributed by atoms with Crippen LogP contribution in [-0.2, 0) is 54.2 Å². The van der Waals surface area contributed by atoms with Gasteiger partial charge in [-0.2, -0.15) is 0 Å². The number of Topliss-reactive ketones (excluding diaryl/α,β-unsaturated/α-hetero) is 1. The van der Waals surface area contributed by atoms with E-state index >= 15 is 4.79 Å². The normalized spacial score (nSPS) is 32.7. The number of fused-ring (bicyclic) bond motifs is 5. The molecule has 1 amide bonds. The van der Waals surface area contributed by atoms with Gasteiger partial charge < -0.3 is 49.1 Å². The summed E-state index contributed by atoms with van der Waals surface area (Å²) in [6.07, 6.45) is -11.2. The van der Waals surface area contributed by atoms with E-state index in [0.717, 1.165) is 13.8 Å². The van der Waals surface area contributed by atoms with E-state index < -0.39 is 113 Å². The minimum atomic E-state index is -2.36. The lowest BCUT2D eigenvalue weighted by molar-refractivity contribution is -0.346. The molecule has 0 radical (unpaired) electrons. The van der Waals surface area contributed by atoms with E-state index in [4.69, 9.17) is 28.4 Å². The number of carbonyl (C=O) groups excluding carboxylic acids is 6. The van der Waals surface area contributed by atoms with Crippen molar-refractivity contribution >= 4 is 35.8 Å². The van der Waals surface area contributed by atoms with Gasteiger partial charge in [0.25, 0.3) is 0 Å². The Morgan fingerprint density at radius 2 is 1.57 bits per heavy atom. The van der Waals surface area contributed by atoms with Crippen molar-refractivity contribution < 1.29 is 72.5 Å². The fourth-order valence-corrected chi connectivity index (χ4v) is 9.27. The number of carbonyl (C=O) groups is 6. The average Bonchev–Trinajstić information content (AvgIpc) is 3.17. The fraction of sp³-hybridized carbons (Fsp3) is 0.524. The van der Waals surface area contributed by atoms with E-state index in [1.165, 1.54) is 26.0 Å². The third-order valence-corrected chi connectivity index (χ3v) is 12.4. The summed E-state index contributed by atoms with van der Waals surface area (Å²) in [7, 11) is 0. The summed E-state index contributed by atoms with van der Waals surface area (Å²) < 4.78 is 34.9. The molecule has 3 aliphatic carbocycles. The van der Waals surface area contributed by atoms with Crippen LogP contribution in [0.4, 0.5) is 4.79 Å². The van der Waals surface area contributed by atoms with Gasteiger partial charge in [0.15, 0.2) is 23.6 Å². The van der Waals surface area contributed by atoms with Crippen molar-refractivity contribution in [1.82, 2.24) is 5.32 Å². The summed E-state index contributed by atoms with van der Waals surface area (Å²) in [6.45, 7) is 7.21. The van der Waals surface area contributed by atoms with Crippen molar-refractivity contribution in [1.29, 1.82) is 0 Å². The molecule has 0 spiro atoms. The van der Waals surface area contributed by atoms with E-state index in [9.17, 15) is 39.3 Å². The lowest BCUT2D eigenvalue weighted by Crippen LogP contribution is -2.82. The van der Waals surface area contributed by atoms with Gasteiger partial charge in [0.2, 0.25) is 0 Å². The second-order valence-electron chi connectivity index (χ2n) is 16.1. The van der Waals surface area contributed by atoms with Gasteiger partial charge in [-0.15, -0.1) is 0 Å². The fourth-order valence-electron chi connectivity index (χ4n) is 9.27. The van der Waals surface area contributed by atoms with Crippen LogP contribution in [0.3, 0.4) is 0 Å². The minimum absolute atomic E-state index is 0.00231. The molecule has 3 fully saturated rings. The second-order valence-corrected chi connectivity index (χ2v) is 16.1. The van der Waals surface area contributed by atoms with Crippen LogP contribution >= 0.6 is 0 Å². The van der Waals surface area contributed by atoms with E-state index in [1.54, 1.807) is 62.4 Å². The predicted octanol–water partition coefficient (Wildman–Crippen LogP) is 2.49. The highest BCUT2D eigenvalue weighted by Gasteiger charge is 2.78. The van der Waals surface area contributed by atoms with Gasteiger partial charge in [0.1, 0.15) is 30.5 Å². The summed E-state index contributed by atoms with van der Waals surface area (Å²) in [5, 5.41) is 38.6. The Balaban J connectivity index is 1.44. The number of esters is 4. The number of benzene rings is 2. The molecular weight excluding hydrogens is 758 g/mol. The Labute approximate surface area is 334 Å². The molecule has 2 bridgehead atoms. The summed E-state index contributed by atoms with van der Waals surface area (Å²) >= 11 is 0. The van der Waals surface area contributed by atoms with Crippen LogP contribution < -0.4 is 5.32 Å². The third kappa shape index (κ3) is 7.27. The van der Waals surface area contributed by atoms with Crippen LogP contribution in [0.25, 0.3) is 0 Å². The van der Waals surface area contributed by atoms with Crippen LogP contribution in [0.5, 0.6) is 0 Å². The summed E-state index contributed by atoms with van der Waals surface area (Å²) in [5.41, 5.74) is -6.85. The van der Waals surface area contributed by atoms with Crippen LogP contribution in [0.1, 0.15) is 70.3 Å². The van der Waals surface area contributed by atoms with Crippen molar-refractivity contribution in [2.24, 2.45) is 16.7 Å². The number of alkyl carbamates (subject to hydrolysis) is 1. The van der Waals surface area contributed by atoms with Gasteiger partial charge in [-0.05, 0) is 42.7 Å². The largest absolute Gasteiger partial charge is 0.456 e. The van der Waals surface area contributed by atoms with E-state index in [-0.39, 0.29) is 36.3 Å². The van der Waals surface area contributed by atoms with Crippen LogP contribution in [0, 0.1) is 16.7 Å². The lowest BCUT2D eigenvalue weighted by atomic mass is 9.44. The molecule has 1 aliphatic heterocycles. The quantitative estimate of drug-likeness (QED) is 0.154. The first-order valence-electron chi connectivity index (χ1n) is 19.0. The Morgan fingerprint density at radius 1 is 0.931 bits per heavy atom. The number of ether oxygens (including phenoxy) is 6. The van der Waals surface area contributed by atoms with Gasteiger partial charge in [0.05, 0.1) is 36.2 Å². The first kappa shape index (κ1) is 42.4. The molecule has 58 heavy (non-hydrogen) atoms. The lowest BCUT2D eigenvalue weighted by Gasteiger charge is -2.67. The van der Waals surface area contributed by atoms with Crippen LogP contribution in [0.15, 0.2) is 71.8 Å². The predicted molar refractivity (Wildman–Crippen MR) is 199 cm³/mol. The third-order valence-electron chi connectivity index (χ3n) is 12.4. The zero-order valence-corrected chi connectivity index (χ0v) is 33.1. The summed E-state index contributed by atoms with van der Waals surface area (Å²) in [6, 6.07) is 16.6. The Hall–Kier alpha value is -5.16.